The van der Waals surface area contributed by atoms with Crippen molar-refractivity contribution in [2.24, 2.45) is 0 Å². The molecular formula is C62H58BrCl2F5N10O7. The maximum atomic E-state index is 12.9. The van der Waals surface area contributed by atoms with Crippen LogP contribution in [0.25, 0.3) is 56.3 Å². The molecule has 0 unspecified atom stereocenters. The normalized spacial score (nSPS) is 12.1. The number of fused-ring (bicyclic) bond motifs is 2. The van der Waals surface area contributed by atoms with Gasteiger partial charge in [0.1, 0.15) is 46.2 Å². The van der Waals surface area contributed by atoms with Gasteiger partial charge in [-0.2, -0.15) is 25.5 Å². The Kier molecular flexibility index (Phi) is 23.7. The summed E-state index contributed by atoms with van der Waals surface area (Å²) in [6.07, 6.45) is 0. The van der Waals surface area contributed by atoms with Gasteiger partial charge in [-0.3, -0.25) is 23.8 Å². The molecule has 7 heterocycles. The Morgan fingerprint density at radius 2 is 1.01 bits per heavy atom. The van der Waals surface area contributed by atoms with Gasteiger partial charge in [0, 0.05) is 39.6 Å². The smallest absolute Gasteiger partial charge is 0.356 e. The van der Waals surface area contributed by atoms with Crippen molar-refractivity contribution in [3.63, 3.8) is 0 Å². The van der Waals surface area contributed by atoms with E-state index in [0.717, 1.165) is 68.2 Å². The van der Waals surface area contributed by atoms with E-state index in [4.69, 9.17) is 42.1 Å². The molecule has 10 aromatic rings. The largest absolute Gasteiger partial charge is 0.461 e. The monoisotopic (exact) mass is 1300 g/mol. The van der Waals surface area contributed by atoms with Crippen molar-refractivity contribution in [1.29, 1.82) is 0 Å². The van der Waals surface area contributed by atoms with E-state index >= 15 is 0 Å². The number of aromatic nitrogens is 10. The second-order valence-corrected chi connectivity index (χ2v) is 20.3. The Labute approximate surface area is 515 Å². The van der Waals surface area contributed by atoms with E-state index in [1.165, 1.54) is 65.3 Å². The zero-order chi connectivity index (χ0) is 61.8. The van der Waals surface area contributed by atoms with Gasteiger partial charge < -0.3 is 24.1 Å². The maximum Gasteiger partial charge on any atom is 0.356 e. The van der Waals surface area contributed by atoms with Crippen molar-refractivity contribution in [2.45, 2.75) is 59.8 Å². The summed E-state index contributed by atoms with van der Waals surface area (Å²) in [7, 11) is 0. The first-order chi connectivity index (χ1) is 42.2. The molecule has 0 atom stereocenters. The van der Waals surface area contributed by atoms with Gasteiger partial charge >= 0.3 is 11.9 Å². The highest BCUT2D eigenvalue weighted by Gasteiger charge is 2.21. The van der Waals surface area contributed by atoms with Crippen LogP contribution in [0, 0.1) is 29.1 Å². The fourth-order valence-electron chi connectivity index (χ4n) is 8.58. The molecule has 0 aliphatic carbocycles. The number of H-pyrrole nitrogens is 1. The first kappa shape index (κ1) is 64.7. The Bertz CT molecular complexity index is 3800. The van der Waals surface area contributed by atoms with Gasteiger partial charge in [0.25, 0.3) is 0 Å². The SMILES string of the molecule is CCOC(=O)c1cc(-c2ccc(F)cc2)n[nH]1.CCOC(=O)c1cc(-c2ccc(F)cc2)nn1CCCl.Fc1ccc(-c2cc3n(n2)CCOC3)cc1.Fc1ccc(-c2nn3c(c2Br)COCC3)cc1.OCc1cc(-c2ccc(F)cc2)nn1CCCl. The van der Waals surface area contributed by atoms with Gasteiger partial charge in [-0.1, -0.05) is 0 Å². The van der Waals surface area contributed by atoms with Crippen molar-refractivity contribution in [2.75, 3.05) is 38.2 Å². The highest BCUT2D eigenvalue weighted by Crippen LogP contribution is 2.32. The number of nitrogens with zero attached hydrogens (tertiary/aromatic N) is 9. The molecule has 5 aromatic heterocycles. The lowest BCUT2D eigenvalue weighted by molar-refractivity contribution is 0.0505. The zero-order valence-electron chi connectivity index (χ0n) is 47.0. The lowest BCUT2D eigenvalue weighted by Gasteiger charge is -2.13. The highest BCUT2D eigenvalue weighted by molar-refractivity contribution is 9.10. The van der Waals surface area contributed by atoms with Gasteiger partial charge in [0.05, 0.1) is 117 Å². The number of esters is 2. The fraction of sp³-hybridized carbons (Fsp3) is 0.242. The molecule has 0 spiro atoms. The number of ether oxygens (including phenoxy) is 4. The van der Waals surface area contributed by atoms with Crippen LogP contribution >= 0.6 is 39.1 Å². The van der Waals surface area contributed by atoms with Crippen LogP contribution in [0.2, 0.25) is 0 Å². The molecule has 2 aliphatic heterocycles. The van der Waals surface area contributed by atoms with E-state index in [1.807, 2.05) is 15.4 Å². The molecule has 0 saturated heterocycles. The van der Waals surface area contributed by atoms with Crippen molar-refractivity contribution < 1.29 is 55.6 Å². The summed E-state index contributed by atoms with van der Waals surface area (Å²) >= 11 is 14.9. The van der Waals surface area contributed by atoms with Gasteiger partial charge in [-0.15, -0.1) is 23.2 Å². The Hall–Kier alpha value is -8.32. The van der Waals surface area contributed by atoms with E-state index in [2.05, 4.69) is 46.5 Å². The molecule has 12 rings (SSSR count). The van der Waals surface area contributed by atoms with Gasteiger partial charge in [0.15, 0.2) is 0 Å². The number of carbonyl (C=O) groups is 2. The number of aliphatic hydroxyl groups excluding tert-OH is 1. The molecule has 0 saturated carbocycles. The predicted molar refractivity (Wildman–Crippen MR) is 321 cm³/mol. The zero-order valence-corrected chi connectivity index (χ0v) is 50.1. The summed E-state index contributed by atoms with van der Waals surface area (Å²) < 4.78 is 92.6. The van der Waals surface area contributed by atoms with Crippen LogP contribution in [0.3, 0.4) is 0 Å². The second kappa shape index (κ2) is 31.9. The number of rotatable bonds is 14. The minimum atomic E-state index is -0.451. The average molecular weight is 1300 g/mol. The lowest BCUT2D eigenvalue weighted by atomic mass is 10.1. The third-order valence-corrected chi connectivity index (χ3v) is 14.0. The van der Waals surface area contributed by atoms with Gasteiger partial charge in [0.2, 0.25) is 0 Å². The van der Waals surface area contributed by atoms with Crippen molar-refractivity contribution in [1.82, 2.24) is 49.3 Å². The third-order valence-electron chi connectivity index (χ3n) is 12.9. The Balaban J connectivity index is 0.000000141. The lowest BCUT2D eigenvalue weighted by Crippen LogP contribution is -2.17. The molecule has 87 heavy (non-hydrogen) atoms. The van der Waals surface area contributed by atoms with Crippen molar-refractivity contribution in [3.8, 4) is 56.3 Å². The summed E-state index contributed by atoms with van der Waals surface area (Å²) in [6.45, 7) is 9.02. The average Bonchev–Trinajstić information content (AvgIpc) is 2.45. The van der Waals surface area contributed by atoms with Crippen molar-refractivity contribution >= 4 is 51.1 Å². The molecule has 0 bridgehead atoms. The predicted octanol–water partition coefficient (Wildman–Crippen LogP) is 13.1. The van der Waals surface area contributed by atoms with Crippen LogP contribution in [0.1, 0.15) is 51.9 Å². The first-order valence-electron chi connectivity index (χ1n) is 27.2. The number of hydrogen-bond donors (Lipinski definition) is 2. The van der Waals surface area contributed by atoms with Crippen LogP contribution in [0.4, 0.5) is 22.0 Å². The molecule has 0 radical (unpaired) electrons. The summed E-state index contributed by atoms with van der Waals surface area (Å²) in [5.41, 5.74) is 11.1. The van der Waals surface area contributed by atoms with Crippen LogP contribution in [-0.4, -0.2) is 105 Å². The summed E-state index contributed by atoms with van der Waals surface area (Å²) in [4.78, 5) is 23.2. The van der Waals surface area contributed by atoms with E-state index in [-0.39, 0.29) is 48.0 Å². The number of aliphatic hydroxyl groups is 1. The molecule has 2 aliphatic rings. The number of aromatic amines is 1. The quantitative estimate of drug-likeness (QED) is 0.0596. The topological polar surface area (TPSA) is 191 Å². The summed E-state index contributed by atoms with van der Waals surface area (Å²) in [5, 5.41) is 33.4. The van der Waals surface area contributed by atoms with E-state index < -0.39 is 11.9 Å². The molecular weight excluding hydrogens is 1240 g/mol. The summed E-state index contributed by atoms with van der Waals surface area (Å²) in [6, 6.07) is 37.6. The summed E-state index contributed by atoms with van der Waals surface area (Å²) in [5.74, 6) is -1.51. The van der Waals surface area contributed by atoms with Crippen LogP contribution in [0.15, 0.2) is 150 Å². The van der Waals surface area contributed by atoms with E-state index in [0.29, 0.717) is 86.4 Å². The molecule has 25 heteroatoms. The number of nitrogens with one attached hydrogen (secondary N) is 1. The number of halogens is 8. The second-order valence-electron chi connectivity index (χ2n) is 18.7. The Morgan fingerprint density at radius 1 is 0.563 bits per heavy atom. The van der Waals surface area contributed by atoms with Crippen molar-refractivity contribution in [3.05, 3.63) is 208 Å². The molecule has 0 amide bonds. The standard InChI is InChI=1S/C14H14ClFN2O2.C12H10BrFN2O.C12H12ClFN2O.C12H11FN2O2.C12H11FN2O/c1-2-20-14(19)13-9-12(17-18(13)8-7-15)10-3-5-11(16)6-4-10;13-11-10-7-17-6-5-16(10)15-12(11)8-1-3-9(14)4-2-8;13-5-6-16-11(8-17)7-12(15-16)9-1-3-10(14)4-2-9;1-2-17-12(16)11-7-10(14-15-11)8-3-5-9(13)6-4-8;13-10-3-1-9(2-4-10)12-7-11-8-16-6-5-15(11)14-12/h3-6,9H,2,7-8H2,1H3;1-4H,5-7H2;1-4,7,17H,5-6,8H2;3-7H,2H2,1H3,(H,14,15);1-4,7H,5-6,8H2. The number of alkyl halides is 2. The van der Waals surface area contributed by atoms with E-state index in [1.54, 1.807) is 97.4 Å². The number of benzene rings is 5. The molecule has 2 N–H and O–H groups in total. The van der Waals surface area contributed by atoms with Crippen LogP contribution in [-0.2, 0) is 64.9 Å². The molecule has 5 aromatic carbocycles. The number of hydrogen-bond acceptors (Lipinski definition) is 12. The van der Waals surface area contributed by atoms with Crippen LogP contribution < -0.4 is 0 Å². The molecule has 0 fully saturated rings. The number of carbonyl (C=O) groups excluding carboxylic acids is 2. The minimum Gasteiger partial charge on any atom is -0.461 e. The first-order valence-corrected chi connectivity index (χ1v) is 29.1. The Morgan fingerprint density at radius 3 is 1.51 bits per heavy atom. The van der Waals surface area contributed by atoms with Gasteiger partial charge in [-0.05, 0) is 175 Å². The third kappa shape index (κ3) is 17.7. The maximum absolute atomic E-state index is 12.9. The van der Waals surface area contributed by atoms with E-state index in [9.17, 15) is 36.6 Å². The highest BCUT2D eigenvalue weighted by atomic mass is 79.9. The van der Waals surface area contributed by atoms with Gasteiger partial charge in [-0.25, -0.2) is 31.5 Å². The molecule has 17 nitrogen and oxygen atoms in total. The fourth-order valence-corrected chi connectivity index (χ4v) is 9.53. The number of aryl methyl sites for hydroxylation is 2. The van der Waals surface area contributed by atoms with Crippen LogP contribution in [0.5, 0.6) is 0 Å². The minimum absolute atomic E-state index is 0.0922. The molecule has 454 valence electrons.